The van der Waals surface area contributed by atoms with Crippen LogP contribution in [0.5, 0.6) is 11.5 Å². The van der Waals surface area contributed by atoms with Gasteiger partial charge in [0.15, 0.2) is 27.6 Å². The van der Waals surface area contributed by atoms with Gasteiger partial charge in [-0.05, 0) is 45.8 Å². The zero-order valence-corrected chi connectivity index (χ0v) is 12.2. The van der Waals surface area contributed by atoms with E-state index in [1.807, 2.05) is 18.2 Å². The predicted octanol–water partition coefficient (Wildman–Crippen LogP) is 3.68. The fourth-order valence-electron chi connectivity index (χ4n) is 2.24. The Labute approximate surface area is 127 Å². The standard InChI is InChI=1S/C14H9BrN2O4/c15-11-4-3-9(20-11)13-12(14(16)21-17-13)7-1-2-8-10(5-7)19-6-18-8/h1-5H,6,16H2. The van der Waals surface area contributed by atoms with Crippen LogP contribution in [-0.2, 0) is 0 Å². The summed E-state index contributed by atoms with van der Waals surface area (Å²) in [7, 11) is 0. The summed E-state index contributed by atoms with van der Waals surface area (Å²) in [5.41, 5.74) is 7.93. The molecule has 2 N–H and O–H groups in total. The second-order valence-electron chi connectivity index (χ2n) is 4.44. The van der Waals surface area contributed by atoms with E-state index in [0.29, 0.717) is 33.2 Å². The number of nitrogens with zero attached hydrogens (tertiary/aromatic N) is 1. The second-order valence-corrected chi connectivity index (χ2v) is 5.22. The van der Waals surface area contributed by atoms with Crippen molar-refractivity contribution in [3.05, 3.63) is 35.0 Å². The molecule has 1 aliphatic heterocycles. The van der Waals surface area contributed by atoms with Gasteiger partial charge in [-0.1, -0.05) is 11.2 Å². The lowest BCUT2D eigenvalue weighted by Gasteiger charge is -2.02. The molecule has 0 aliphatic carbocycles. The molecule has 7 heteroatoms. The number of hydrogen-bond donors (Lipinski definition) is 1. The molecule has 0 spiro atoms. The first-order valence-corrected chi connectivity index (χ1v) is 6.92. The van der Waals surface area contributed by atoms with E-state index in [-0.39, 0.29) is 12.7 Å². The summed E-state index contributed by atoms with van der Waals surface area (Å²) in [6.45, 7) is 0.218. The van der Waals surface area contributed by atoms with Gasteiger partial charge >= 0.3 is 0 Å². The van der Waals surface area contributed by atoms with Crippen molar-refractivity contribution >= 4 is 21.8 Å². The van der Waals surface area contributed by atoms with Crippen LogP contribution in [-0.4, -0.2) is 11.9 Å². The van der Waals surface area contributed by atoms with Crippen LogP contribution in [0, 0.1) is 0 Å². The molecule has 21 heavy (non-hydrogen) atoms. The van der Waals surface area contributed by atoms with Crippen molar-refractivity contribution in [3.63, 3.8) is 0 Å². The van der Waals surface area contributed by atoms with Crippen molar-refractivity contribution in [2.24, 2.45) is 0 Å². The number of rotatable bonds is 2. The third-order valence-electron chi connectivity index (χ3n) is 3.19. The SMILES string of the molecule is Nc1onc(-c2ccc(Br)o2)c1-c1ccc2c(c1)OCO2. The van der Waals surface area contributed by atoms with Crippen molar-refractivity contribution in [2.45, 2.75) is 0 Å². The average molecular weight is 349 g/mol. The zero-order valence-electron chi connectivity index (χ0n) is 10.6. The molecule has 6 nitrogen and oxygen atoms in total. The molecule has 4 rings (SSSR count). The van der Waals surface area contributed by atoms with E-state index in [1.54, 1.807) is 12.1 Å². The molecular formula is C14H9BrN2O4. The van der Waals surface area contributed by atoms with Crippen molar-refractivity contribution in [2.75, 3.05) is 12.5 Å². The number of nitrogen functional groups attached to an aromatic ring is 1. The van der Waals surface area contributed by atoms with Crippen molar-refractivity contribution < 1.29 is 18.4 Å². The van der Waals surface area contributed by atoms with Gasteiger partial charge in [-0.2, -0.15) is 0 Å². The molecule has 0 unspecified atom stereocenters. The zero-order chi connectivity index (χ0) is 14.4. The van der Waals surface area contributed by atoms with E-state index in [2.05, 4.69) is 21.1 Å². The monoisotopic (exact) mass is 348 g/mol. The van der Waals surface area contributed by atoms with E-state index >= 15 is 0 Å². The maximum atomic E-state index is 5.91. The topological polar surface area (TPSA) is 83.7 Å². The van der Waals surface area contributed by atoms with E-state index < -0.39 is 0 Å². The Bertz CT molecular complexity index is 824. The molecule has 0 amide bonds. The molecule has 106 valence electrons. The Morgan fingerprint density at radius 3 is 2.76 bits per heavy atom. The first-order chi connectivity index (χ1) is 10.2. The Morgan fingerprint density at radius 2 is 1.95 bits per heavy atom. The van der Waals surface area contributed by atoms with Crippen molar-refractivity contribution in [1.29, 1.82) is 0 Å². The molecule has 0 saturated heterocycles. The lowest BCUT2D eigenvalue weighted by Crippen LogP contribution is -1.92. The van der Waals surface area contributed by atoms with Gasteiger partial charge < -0.3 is 24.1 Å². The van der Waals surface area contributed by atoms with Gasteiger partial charge in [0.25, 0.3) is 0 Å². The molecule has 1 aromatic carbocycles. The Balaban J connectivity index is 1.87. The van der Waals surface area contributed by atoms with Gasteiger partial charge in [0, 0.05) is 0 Å². The number of hydrogen-bond acceptors (Lipinski definition) is 6. The highest BCUT2D eigenvalue weighted by atomic mass is 79.9. The van der Waals surface area contributed by atoms with Crippen LogP contribution in [0.3, 0.4) is 0 Å². The summed E-state index contributed by atoms with van der Waals surface area (Å²) >= 11 is 3.26. The van der Waals surface area contributed by atoms with Crippen LogP contribution in [0.15, 0.2) is 43.9 Å². The highest BCUT2D eigenvalue weighted by Crippen LogP contribution is 2.41. The van der Waals surface area contributed by atoms with Gasteiger partial charge in [0.2, 0.25) is 12.7 Å². The fraction of sp³-hybridized carbons (Fsp3) is 0.0714. The molecule has 0 radical (unpaired) electrons. The smallest absolute Gasteiger partial charge is 0.231 e. The first kappa shape index (κ1) is 12.3. The molecule has 3 aromatic rings. The Morgan fingerprint density at radius 1 is 1.10 bits per heavy atom. The molecule has 0 bridgehead atoms. The van der Waals surface area contributed by atoms with Crippen molar-refractivity contribution in [1.82, 2.24) is 5.16 Å². The number of halogens is 1. The highest BCUT2D eigenvalue weighted by Gasteiger charge is 2.22. The normalized spacial score (nSPS) is 12.8. The van der Waals surface area contributed by atoms with Gasteiger partial charge in [0.05, 0.1) is 5.56 Å². The average Bonchev–Trinajstić information content (AvgIpc) is 3.17. The molecule has 0 atom stereocenters. The van der Waals surface area contributed by atoms with Gasteiger partial charge in [-0.25, -0.2) is 0 Å². The highest BCUT2D eigenvalue weighted by molar-refractivity contribution is 9.10. The summed E-state index contributed by atoms with van der Waals surface area (Å²) in [5.74, 6) is 2.15. The molecule has 2 aromatic heterocycles. The van der Waals surface area contributed by atoms with Crippen LogP contribution >= 0.6 is 15.9 Å². The van der Waals surface area contributed by atoms with Crippen LogP contribution in [0.2, 0.25) is 0 Å². The van der Waals surface area contributed by atoms with E-state index in [0.717, 1.165) is 5.56 Å². The summed E-state index contributed by atoms with van der Waals surface area (Å²) in [4.78, 5) is 0. The lowest BCUT2D eigenvalue weighted by atomic mass is 10.0. The maximum Gasteiger partial charge on any atom is 0.231 e. The van der Waals surface area contributed by atoms with Gasteiger partial charge in [-0.3, -0.25) is 0 Å². The molecule has 1 aliphatic rings. The largest absolute Gasteiger partial charge is 0.454 e. The molecule has 0 saturated carbocycles. The minimum atomic E-state index is 0.218. The number of furan rings is 1. The summed E-state index contributed by atoms with van der Waals surface area (Å²) in [6, 6.07) is 9.11. The minimum Gasteiger partial charge on any atom is -0.454 e. The van der Waals surface area contributed by atoms with Gasteiger partial charge in [0.1, 0.15) is 0 Å². The van der Waals surface area contributed by atoms with Crippen LogP contribution in [0.1, 0.15) is 0 Å². The van der Waals surface area contributed by atoms with Crippen LogP contribution in [0.25, 0.3) is 22.6 Å². The summed E-state index contributed by atoms with van der Waals surface area (Å²) < 4.78 is 21.9. The van der Waals surface area contributed by atoms with Crippen LogP contribution < -0.4 is 15.2 Å². The summed E-state index contributed by atoms with van der Waals surface area (Å²) in [6.07, 6.45) is 0. The van der Waals surface area contributed by atoms with E-state index in [4.69, 9.17) is 24.1 Å². The Kier molecular flexibility index (Phi) is 2.68. The van der Waals surface area contributed by atoms with E-state index in [1.165, 1.54) is 0 Å². The number of aromatic nitrogens is 1. The summed E-state index contributed by atoms with van der Waals surface area (Å²) in [5, 5.41) is 3.98. The van der Waals surface area contributed by atoms with Gasteiger partial charge in [-0.15, -0.1) is 0 Å². The molecule has 0 fully saturated rings. The van der Waals surface area contributed by atoms with Crippen LogP contribution in [0.4, 0.5) is 5.88 Å². The number of benzene rings is 1. The molecular weight excluding hydrogens is 340 g/mol. The predicted molar refractivity (Wildman–Crippen MR) is 77.9 cm³/mol. The maximum absolute atomic E-state index is 5.91. The third kappa shape index (κ3) is 1.97. The number of anilines is 1. The number of ether oxygens (including phenoxy) is 2. The molecule has 3 heterocycles. The lowest BCUT2D eigenvalue weighted by molar-refractivity contribution is 0.174. The van der Waals surface area contributed by atoms with Crippen molar-refractivity contribution in [3.8, 4) is 34.1 Å². The Hall–Kier alpha value is -2.41. The minimum absolute atomic E-state index is 0.218. The quantitative estimate of drug-likeness (QED) is 0.760. The first-order valence-electron chi connectivity index (χ1n) is 6.13. The number of fused-ring (bicyclic) bond motifs is 1. The third-order valence-corrected chi connectivity index (χ3v) is 3.61. The number of nitrogens with two attached hydrogens (primary N) is 1. The fourth-order valence-corrected chi connectivity index (χ4v) is 2.55. The van der Waals surface area contributed by atoms with E-state index in [9.17, 15) is 0 Å². The second kappa shape index (κ2) is 4.56.